The Bertz CT molecular complexity index is 1120. The number of nitro benzene ring substituents is 1. The normalized spacial score (nSPS) is 11.4. The van der Waals surface area contributed by atoms with Gasteiger partial charge in [0.05, 0.1) is 10.6 Å². The molecule has 3 aromatic carbocycles. The largest absolute Gasteiger partial charge is 0.326 e. The number of rotatable bonds is 7. The van der Waals surface area contributed by atoms with Crippen LogP contribution in [0.5, 0.6) is 0 Å². The van der Waals surface area contributed by atoms with E-state index in [4.69, 9.17) is 0 Å². The summed E-state index contributed by atoms with van der Waals surface area (Å²) in [6.45, 7) is 3.21. The van der Waals surface area contributed by atoms with E-state index >= 15 is 0 Å². The van der Waals surface area contributed by atoms with Crippen molar-refractivity contribution >= 4 is 40.6 Å². The van der Waals surface area contributed by atoms with E-state index in [1.807, 2.05) is 36.4 Å². The summed E-state index contributed by atoms with van der Waals surface area (Å²) >= 11 is 1.33. The number of nitrogens with one attached hydrogen (secondary N) is 2. The van der Waals surface area contributed by atoms with Gasteiger partial charge in [-0.25, -0.2) is 0 Å². The van der Waals surface area contributed by atoms with Crippen molar-refractivity contribution < 1.29 is 14.5 Å². The molecule has 0 spiro atoms. The number of aryl methyl sites for hydroxylation is 1. The van der Waals surface area contributed by atoms with Gasteiger partial charge in [-0.15, -0.1) is 11.8 Å². The second-order valence-corrected chi connectivity index (χ2v) is 8.04. The van der Waals surface area contributed by atoms with Crippen molar-refractivity contribution in [3.05, 3.63) is 94.0 Å². The summed E-state index contributed by atoms with van der Waals surface area (Å²) in [5, 5.41) is 16.1. The van der Waals surface area contributed by atoms with Crippen molar-refractivity contribution in [3.63, 3.8) is 0 Å². The quantitative estimate of drug-likeness (QED) is 0.297. The second-order valence-electron chi connectivity index (χ2n) is 6.86. The fraction of sp³-hybridized carbons (Fsp3) is 0.130. The van der Waals surface area contributed by atoms with Gasteiger partial charge < -0.3 is 10.6 Å². The summed E-state index contributed by atoms with van der Waals surface area (Å²) in [6.07, 6.45) is 0. The van der Waals surface area contributed by atoms with Crippen molar-refractivity contribution in [1.82, 2.24) is 0 Å². The molecule has 0 aliphatic heterocycles. The first kappa shape index (κ1) is 22.0. The predicted octanol–water partition coefficient (Wildman–Crippen LogP) is 5.33. The summed E-state index contributed by atoms with van der Waals surface area (Å²) in [6, 6.07) is 20.9. The van der Waals surface area contributed by atoms with E-state index in [1.54, 1.807) is 31.2 Å². The number of hydrogen-bond donors (Lipinski definition) is 2. The molecule has 1 atom stereocenters. The fourth-order valence-electron chi connectivity index (χ4n) is 2.94. The van der Waals surface area contributed by atoms with Crippen LogP contribution in [-0.4, -0.2) is 16.7 Å². The van der Waals surface area contributed by atoms with Crippen molar-refractivity contribution in [2.24, 2.45) is 0 Å². The fourth-order valence-corrected chi connectivity index (χ4v) is 4.03. The van der Waals surface area contributed by atoms with Gasteiger partial charge >= 0.3 is 0 Å². The van der Waals surface area contributed by atoms with E-state index in [1.165, 1.54) is 30.8 Å². The predicted molar refractivity (Wildman–Crippen MR) is 122 cm³/mol. The topological polar surface area (TPSA) is 101 Å². The van der Waals surface area contributed by atoms with E-state index < -0.39 is 10.2 Å². The van der Waals surface area contributed by atoms with Crippen LogP contribution in [0, 0.1) is 17.0 Å². The Balaban J connectivity index is 1.90. The molecular formula is C23H21N3O4S. The summed E-state index contributed by atoms with van der Waals surface area (Å²) < 4.78 is 0. The lowest BCUT2D eigenvalue weighted by molar-refractivity contribution is -0.384. The molecule has 0 radical (unpaired) electrons. The molecule has 0 bridgehead atoms. The number of hydrogen-bond acceptors (Lipinski definition) is 5. The summed E-state index contributed by atoms with van der Waals surface area (Å²) in [4.78, 5) is 36.0. The average molecular weight is 436 g/mol. The molecule has 158 valence electrons. The van der Waals surface area contributed by atoms with Gasteiger partial charge in [0.25, 0.3) is 5.69 Å². The molecule has 0 aliphatic rings. The summed E-state index contributed by atoms with van der Waals surface area (Å²) in [5.74, 6) is -0.481. The third kappa shape index (κ3) is 5.93. The second kappa shape index (κ2) is 9.90. The number of nitrogens with zero attached hydrogens (tertiary/aromatic N) is 1. The van der Waals surface area contributed by atoms with Gasteiger partial charge in [-0.1, -0.05) is 42.5 Å². The van der Waals surface area contributed by atoms with Crippen LogP contribution in [0.25, 0.3) is 0 Å². The first-order chi connectivity index (χ1) is 14.8. The minimum atomic E-state index is -0.604. The third-order valence-electron chi connectivity index (χ3n) is 4.44. The van der Waals surface area contributed by atoms with Crippen molar-refractivity contribution in [1.29, 1.82) is 0 Å². The van der Waals surface area contributed by atoms with Crippen LogP contribution in [0.1, 0.15) is 23.3 Å². The van der Waals surface area contributed by atoms with E-state index in [-0.39, 0.29) is 17.5 Å². The highest BCUT2D eigenvalue weighted by atomic mass is 32.2. The number of thioether (sulfide) groups is 1. The van der Waals surface area contributed by atoms with Crippen molar-refractivity contribution in [2.75, 3.05) is 10.6 Å². The van der Waals surface area contributed by atoms with E-state index in [9.17, 15) is 19.7 Å². The van der Waals surface area contributed by atoms with Gasteiger partial charge in [0, 0.05) is 29.6 Å². The van der Waals surface area contributed by atoms with Crippen LogP contribution in [0.2, 0.25) is 0 Å². The zero-order chi connectivity index (χ0) is 22.4. The van der Waals surface area contributed by atoms with Gasteiger partial charge in [0.2, 0.25) is 11.8 Å². The average Bonchev–Trinajstić information content (AvgIpc) is 2.73. The van der Waals surface area contributed by atoms with Crippen LogP contribution >= 0.6 is 11.8 Å². The Morgan fingerprint density at radius 1 is 0.968 bits per heavy atom. The molecule has 0 heterocycles. The number of carbonyl (C=O) groups excluding carboxylic acids is 2. The van der Waals surface area contributed by atoms with Crippen molar-refractivity contribution in [2.45, 2.75) is 24.0 Å². The van der Waals surface area contributed by atoms with Crippen molar-refractivity contribution in [3.8, 4) is 0 Å². The molecule has 3 rings (SSSR count). The zero-order valence-corrected chi connectivity index (χ0v) is 17.8. The van der Waals surface area contributed by atoms with E-state index in [0.29, 0.717) is 11.4 Å². The first-order valence-electron chi connectivity index (χ1n) is 9.48. The van der Waals surface area contributed by atoms with Crippen LogP contribution in [0.15, 0.2) is 77.7 Å². The Kier molecular flexibility index (Phi) is 7.04. The Labute approximate surface area is 184 Å². The maximum absolute atomic E-state index is 13.2. The molecule has 0 aromatic heterocycles. The Hall–Kier alpha value is -3.65. The SMILES string of the molecule is CC(=O)Nc1cccc(SC(C(=O)Nc2cc([N+](=O)[O-])ccc2C)c2ccccc2)c1. The zero-order valence-electron chi connectivity index (χ0n) is 17.0. The van der Waals surface area contributed by atoms with Gasteiger partial charge in [0.15, 0.2) is 0 Å². The highest BCUT2D eigenvalue weighted by molar-refractivity contribution is 8.00. The van der Waals surface area contributed by atoms with E-state index in [0.717, 1.165) is 16.0 Å². The monoisotopic (exact) mass is 435 g/mol. The molecule has 0 saturated carbocycles. The Morgan fingerprint density at radius 2 is 1.71 bits per heavy atom. The number of nitro groups is 1. The molecule has 7 nitrogen and oxygen atoms in total. The molecule has 0 saturated heterocycles. The van der Waals surface area contributed by atoms with Gasteiger partial charge in [-0.2, -0.15) is 0 Å². The molecule has 0 aliphatic carbocycles. The summed E-state index contributed by atoms with van der Waals surface area (Å²) in [7, 11) is 0. The number of benzene rings is 3. The molecular weight excluding hydrogens is 414 g/mol. The molecule has 0 fully saturated rings. The first-order valence-corrected chi connectivity index (χ1v) is 10.4. The number of carbonyl (C=O) groups is 2. The minimum Gasteiger partial charge on any atom is -0.326 e. The Morgan fingerprint density at radius 3 is 2.39 bits per heavy atom. The molecule has 31 heavy (non-hydrogen) atoms. The lowest BCUT2D eigenvalue weighted by Gasteiger charge is -2.18. The highest BCUT2D eigenvalue weighted by Crippen LogP contribution is 2.37. The van der Waals surface area contributed by atoms with Crippen LogP contribution in [-0.2, 0) is 9.59 Å². The highest BCUT2D eigenvalue weighted by Gasteiger charge is 2.23. The molecule has 3 aromatic rings. The van der Waals surface area contributed by atoms with Gasteiger partial charge in [-0.3, -0.25) is 19.7 Å². The van der Waals surface area contributed by atoms with Gasteiger partial charge in [0.1, 0.15) is 5.25 Å². The number of amides is 2. The maximum atomic E-state index is 13.2. The smallest absolute Gasteiger partial charge is 0.271 e. The lowest BCUT2D eigenvalue weighted by atomic mass is 10.1. The van der Waals surface area contributed by atoms with Crippen LogP contribution in [0.3, 0.4) is 0 Å². The maximum Gasteiger partial charge on any atom is 0.271 e. The van der Waals surface area contributed by atoms with Crippen LogP contribution in [0.4, 0.5) is 17.1 Å². The van der Waals surface area contributed by atoms with Crippen LogP contribution < -0.4 is 10.6 Å². The lowest BCUT2D eigenvalue weighted by Crippen LogP contribution is -2.19. The van der Waals surface area contributed by atoms with Gasteiger partial charge in [-0.05, 0) is 36.2 Å². The molecule has 2 N–H and O–H groups in total. The molecule has 2 amide bonds. The number of anilines is 2. The third-order valence-corrected chi connectivity index (χ3v) is 5.69. The number of non-ortho nitro benzene ring substituents is 1. The summed E-state index contributed by atoms with van der Waals surface area (Å²) in [5.41, 5.74) is 2.46. The minimum absolute atomic E-state index is 0.0900. The van der Waals surface area contributed by atoms with E-state index in [2.05, 4.69) is 10.6 Å². The molecule has 1 unspecified atom stereocenters. The standard InChI is InChI=1S/C23H21N3O4S/c1-15-11-12-19(26(29)30)14-21(15)25-23(28)22(17-7-4-3-5-8-17)31-20-10-6-9-18(13-20)24-16(2)27/h3-14,22H,1-2H3,(H,24,27)(H,25,28). The molecule has 8 heteroatoms.